The Hall–Kier alpha value is -3.24. The van der Waals surface area contributed by atoms with Crippen LogP contribution in [0.1, 0.15) is 36.8 Å². The monoisotopic (exact) mass is 460 g/mol. The molecule has 2 aromatic rings. The molecule has 10 heteroatoms. The number of amides is 1. The summed E-state index contributed by atoms with van der Waals surface area (Å²) in [4.78, 5) is 23.4. The number of hydrogen-bond donors (Lipinski definition) is 5. The van der Waals surface area contributed by atoms with Gasteiger partial charge in [0.15, 0.2) is 0 Å². The number of benzene rings is 2. The molecule has 1 unspecified atom stereocenters. The van der Waals surface area contributed by atoms with Crippen LogP contribution < -0.4 is 15.8 Å². The molecule has 172 valence electrons. The predicted octanol–water partition coefficient (Wildman–Crippen LogP) is 1.62. The second-order valence-corrected chi connectivity index (χ2v) is 9.01. The lowest BCUT2D eigenvalue weighted by Crippen LogP contribution is -2.48. The number of carboxylic acids is 1. The largest absolute Gasteiger partial charge is 0.480 e. The van der Waals surface area contributed by atoms with Gasteiger partial charge in [-0.2, -0.15) is 4.72 Å². The van der Waals surface area contributed by atoms with Crippen LogP contribution in [0.15, 0.2) is 59.5 Å². The summed E-state index contributed by atoms with van der Waals surface area (Å²) in [7, 11) is -4.01. The summed E-state index contributed by atoms with van der Waals surface area (Å²) >= 11 is 0. The average Bonchev–Trinajstić information content (AvgIpc) is 2.77. The average molecular weight is 461 g/mol. The van der Waals surface area contributed by atoms with Gasteiger partial charge in [0.25, 0.3) is 0 Å². The lowest BCUT2D eigenvalue weighted by Gasteiger charge is -2.15. The van der Waals surface area contributed by atoms with Crippen LogP contribution in [-0.2, 0) is 26.0 Å². The Morgan fingerprint density at radius 3 is 2.25 bits per heavy atom. The van der Waals surface area contributed by atoms with Crippen LogP contribution in [0.5, 0.6) is 0 Å². The van der Waals surface area contributed by atoms with Gasteiger partial charge in [0.1, 0.15) is 11.9 Å². The van der Waals surface area contributed by atoms with Gasteiger partial charge in [-0.25, -0.2) is 8.42 Å². The minimum atomic E-state index is -4.01. The number of aliphatic carboxylic acids is 1. The highest BCUT2D eigenvalue weighted by molar-refractivity contribution is 7.89. The number of carbonyl (C=O) groups is 2. The number of nitrogens with two attached hydrogens (primary N) is 1. The van der Waals surface area contributed by atoms with Crippen LogP contribution in [0, 0.1) is 5.41 Å². The number of carboxylic acid groups (broad SMARTS) is 1. The maximum atomic E-state index is 12.3. The normalized spacial score (nSPS) is 12.1. The first-order chi connectivity index (χ1) is 15.2. The Bertz CT molecular complexity index is 1020. The van der Waals surface area contributed by atoms with Crippen molar-refractivity contribution in [3.8, 4) is 0 Å². The van der Waals surface area contributed by atoms with E-state index >= 15 is 0 Å². The Morgan fingerprint density at radius 1 is 1.00 bits per heavy atom. The van der Waals surface area contributed by atoms with E-state index in [-0.39, 0.29) is 29.6 Å². The van der Waals surface area contributed by atoms with Crippen molar-refractivity contribution in [3.63, 3.8) is 0 Å². The van der Waals surface area contributed by atoms with Gasteiger partial charge in [-0.05, 0) is 37.0 Å². The molecule has 0 bridgehead atoms. The SMILES string of the molecule is N=C(N)c1ccc(CCCCCC(=O)NCC(NS(=O)(=O)c2ccccc2)C(=O)O)cc1. The number of sulfonamides is 1. The number of amidine groups is 1. The Balaban J connectivity index is 1.71. The van der Waals surface area contributed by atoms with Crippen LogP contribution in [0.3, 0.4) is 0 Å². The van der Waals surface area contributed by atoms with Gasteiger partial charge in [0.2, 0.25) is 15.9 Å². The third-order valence-electron chi connectivity index (χ3n) is 4.79. The molecule has 0 aliphatic carbocycles. The van der Waals surface area contributed by atoms with Crippen LogP contribution in [-0.4, -0.2) is 43.8 Å². The van der Waals surface area contributed by atoms with Gasteiger partial charge in [0.05, 0.1) is 4.90 Å². The molecule has 1 amide bonds. The van der Waals surface area contributed by atoms with E-state index in [1.54, 1.807) is 18.2 Å². The fourth-order valence-electron chi connectivity index (χ4n) is 2.98. The van der Waals surface area contributed by atoms with E-state index < -0.39 is 22.0 Å². The van der Waals surface area contributed by atoms with Crippen LogP contribution in [0.4, 0.5) is 0 Å². The fourth-order valence-corrected chi connectivity index (χ4v) is 4.19. The summed E-state index contributed by atoms with van der Waals surface area (Å²) in [6.45, 7) is -0.345. The Kier molecular flexibility index (Phi) is 9.36. The van der Waals surface area contributed by atoms with Gasteiger partial charge in [0, 0.05) is 18.5 Å². The van der Waals surface area contributed by atoms with E-state index in [0.29, 0.717) is 12.0 Å². The zero-order valence-electron chi connectivity index (χ0n) is 17.6. The predicted molar refractivity (Wildman–Crippen MR) is 121 cm³/mol. The van der Waals surface area contributed by atoms with Crippen LogP contribution in [0.2, 0.25) is 0 Å². The highest BCUT2D eigenvalue weighted by atomic mass is 32.2. The second kappa shape index (κ2) is 12.0. The molecule has 2 aromatic carbocycles. The summed E-state index contributed by atoms with van der Waals surface area (Å²) in [6, 6.07) is 13.4. The number of nitrogens with one attached hydrogen (secondary N) is 3. The number of unbranched alkanes of at least 4 members (excludes halogenated alkanes) is 2. The summed E-state index contributed by atoms with van der Waals surface area (Å²) in [5.74, 6) is -1.68. The molecule has 0 aromatic heterocycles. The maximum absolute atomic E-state index is 12.3. The molecule has 0 spiro atoms. The third-order valence-corrected chi connectivity index (χ3v) is 6.27. The summed E-state index contributed by atoms with van der Waals surface area (Å²) in [5, 5.41) is 19.2. The lowest BCUT2D eigenvalue weighted by atomic mass is 10.0. The van der Waals surface area contributed by atoms with Crippen LogP contribution in [0.25, 0.3) is 0 Å². The Morgan fingerprint density at radius 2 is 1.66 bits per heavy atom. The molecule has 6 N–H and O–H groups in total. The van der Waals surface area contributed by atoms with E-state index in [2.05, 4.69) is 10.0 Å². The minimum Gasteiger partial charge on any atom is -0.480 e. The first kappa shape index (κ1) is 25.0. The number of aryl methyl sites for hydroxylation is 1. The highest BCUT2D eigenvalue weighted by Gasteiger charge is 2.25. The van der Waals surface area contributed by atoms with Crippen molar-refractivity contribution in [3.05, 3.63) is 65.7 Å². The molecular weight excluding hydrogens is 432 g/mol. The Labute approximate surface area is 187 Å². The van der Waals surface area contributed by atoms with Crippen molar-refractivity contribution in [2.45, 2.75) is 43.0 Å². The van der Waals surface area contributed by atoms with E-state index in [0.717, 1.165) is 24.8 Å². The molecule has 9 nitrogen and oxygen atoms in total. The first-order valence-corrected chi connectivity index (χ1v) is 11.7. The lowest BCUT2D eigenvalue weighted by molar-refractivity contribution is -0.138. The molecule has 0 radical (unpaired) electrons. The molecule has 0 saturated heterocycles. The van der Waals surface area contributed by atoms with Gasteiger partial charge in [-0.15, -0.1) is 0 Å². The van der Waals surface area contributed by atoms with Gasteiger partial charge in [-0.3, -0.25) is 15.0 Å². The number of nitrogen functional groups attached to an aromatic ring is 1. The summed E-state index contributed by atoms with van der Waals surface area (Å²) in [6.07, 6.45) is 3.38. The molecule has 0 fully saturated rings. The quantitative estimate of drug-likeness (QED) is 0.173. The molecular formula is C22H28N4O5S. The standard InChI is InChI=1S/C22H28N4O5S/c23-21(24)17-13-11-16(12-14-17)7-3-1-6-10-20(27)25-15-19(22(28)29)26-32(30,31)18-8-4-2-5-9-18/h2,4-5,8-9,11-14,19,26H,1,3,6-7,10,15H2,(H3,23,24)(H,25,27)(H,28,29). The molecule has 0 aliphatic heterocycles. The molecule has 0 aliphatic rings. The van der Waals surface area contributed by atoms with Gasteiger partial charge < -0.3 is 16.2 Å². The van der Waals surface area contributed by atoms with E-state index in [1.807, 2.05) is 12.1 Å². The zero-order valence-corrected chi connectivity index (χ0v) is 18.4. The summed E-state index contributed by atoms with van der Waals surface area (Å²) < 4.78 is 26.7. The van der Waals surface area contributed by atoms with Crippen molar-refractivity contribution < 1.29 is 23.1 Å². The van der Waals surface area contributed by atoms with Crippen molar-refractivity contribution in [2.24, 2.45) is 5.73 Å². The zero-order chi connectivity index (χ0) is 23.6. The summed E-state index contributed by atoms with van der Waals surface area (Å²) in [5.41, 5.74) is 7.22. The molecule has 32 heavy (non-hydrogen) atoms. The molecule has 2 rings (SSSR count). The van der Waals surface area contributed by atoms with Gasteiger partial charge in [-0.1, -0.05) is 48.9 Å². The molecule has 0 heterocycles. The fraction of sp³-hybridized carbons (Fsp3) is 0.318. The van der Waals surface area contributed by atoms with Crippen LogP contribution >= 0.6 is 0 Å². The second-order valence-electron chi connectivity index (χ2n) is 7.30. The van der Waals surface area contributed by atoms with Crippen molar-refractivity contribution in [1.29, 1.82) is 5.41 Å². The van der Waals surface area contributed by atoms with Crippen molar-refractivity contribution in [2.75, 3.05) is 6.54 Å². The van der Waals surface area contributed by atoms with E-state index in [4.69, 9.17) is 11.1 Å². The third kappa shape index (κ3) is 8.12. The van der Waals surface area contributed by atoms with Crippen molar-refractivity contribution in [1.82, 2.24) is 10.0 Å². The topological polar surface area (TPSA) is 162 Å². The van der Waals surface area contributed by atoms with Crippen molar-refractivity contribution >= 4 is 27.7 Å². The minimum absolute atomic E-state index is 0.0283. The van der Waals surface area contributed by atoms with Gasteiger partial charge >= 0.3 is 5.97 Å². The van der Waals surface area contributed by atoms with E-state index in [1.165, 1.54) is 24.3 Å². The maximum Gasteiger partial charge on any atom is 0.323 e. The molecule has 0 saturated carbocycles. The smallest absolute Gasteiger partial charge is 0.323 e. The highest BCUT2D eigenvalue weighted by Crippen LogP contribution is 2.10. The number of carbonyl (C=O) groups excluding carboxylic acids is 1. The van der Waals surface area contributed by atoms with E-state index in [9.17, 15) is 23.1 Å². The number of hydrogen-bond acceptors (Lipinski definition) is 5. The first-order valence-electron chi connectivity index (χ1n) is 10.2. The molecule has 1 atom stereocenters. The number of rotatable bonds is 13.